The Bertz CT molecular complexity index is 936. The van der Waals surface area contributed by atoms with Crippen LogP contribution < -0.4 is 15.0 Å². The van der Waals surface area contributed by atoms with Crippen molar-refractivity contribution in [2.75, 3.05) is 43.5 Å². The fraction of sp³-hybridized carbons (Fsp3) is 0.417. The van der Waals surface area contributed by atoms with Crippen molar-refractivity contribution in [3.05, 3.63) is 52.0 Å². The molecular formula is C24H30BrN3O3. The molecule has 2 aromatic rings. The van der Waals surface area contributed by atoms with E-state index in [0.717, 1.165) is 47.6 Å². The number of hydrogen-bond donors (Lipinski definition) is 1. The van der Waals surface area contributed by atoms with E-state index in [4.69, 9.17) is 4.74 Å². The van der Waals surface area contributed by atoms with Crippen LogP contribution in [0.15, 0.2) is 40.9 Å². The van der Waals surface area contributed by atoms with Gasteiger partial charge in [-0.1, -0.05) is 29.8 Å². The Balaban J connectivity index is 1.61. The number of nitrogens with zero attached hydrogens (tertiary/aromatic N) is 2. The standard InChI is InChI=1S/C24H30BrN3O3/c1-16(2)13-22(29)28-11-9-27(10-12-28)20-7-5-19(6-8-20)26-24(30)21-15-18(25)14-17(3)23(21)31-4/h5-8,14-16H,9-13H2,1-4H3,(H,26,30). The first-order valence-electron chi connectivity index (χ1n) is 10.6. The van der Waals surface area contributed by atoms with Crippen LogP contribution in [0.25, 0.3) is 0 Å². The largest absolute Gasteiger partial charge is 0.496 e. The lowest BCUT2D eigenvalue weighted by molar-refractivity contribution is -0.132. The van der Waals surface area contributed by atoms with E-state index >= 15 is 0 Å². The molecule has 1 heterocycles. The Kier molecular flexibility index (Phi) is 7.59. The van der Waals surface area contributed by atoms with Crippen molar-refractivity contribution in [1.82, 2.24) is 4.90 Å². The minimum atomic E-state index is -0.216. The predicted octanol–water partition coefficient (Wildman–Crippen LogP) is 4.71. The van der Waals surface area contributed by atoms with Gasteiger partial charge in [0.05, 0.1) is 12.7 Å². The summed E-state index contributed by atoms with van der Waals surface area (Å²) in [7, 11) is 1.57. The first-order valence-corrected chi connectivity index (χ1v) is 11.4. The van der Waals surface area contributed by atoms with E-state index in [0.29, 0.717) is 23.7 Å². The van der Waals surface area contributed by atoms with Crippen LogP contribution in [-0.4, -0.2) is 50.0 Å². The summed E-state index contributed by atoms with van der Waals surface area (Å²) < 4.78 is 6.25. The smallest absolute Gasteiger partial charge is 0.259 e. The van der Waals surface area contributed by atoms with Gasteiger partial charge < -0.3 is 19.9 Å². The zero-order valence-electron chi connectivity index (χ0n) is 18.6. The molecular weight excluding hydrogens is 458 g/mol. The monoisotopic (exact) mass is 487 g/mol. The summed E-state index contributed by atoms with van der Waals surface area (Å²) in [5.41, 5.74) is 3.19. The van der Waals surface area contributed by atoms with Gasteiger partial charge in [0.2, 0.25) is 5.91 Å². The van der Waals surface area contributed by atoms with Crippen molar-refractivity contribution < 1.29 is 14.3 Å². The highest BCUT2D eigenvalue weighted by Crippen LogP contribution is 2.29. The van der Waals surface area contributed by atoms with Crippen molar-refractivity contribution in [2.24, 2.45) is 5.92 Å². The minimum Gasteiger partial charge on any atom is -0.496 e. The maximum atomic E-state index is 12.8. The van der Waals surface area contributed by atoms with Gasteiger partial charge in [-0.05, 0) is 54.8 Å². The van der Waals surface area contributed by atoms with E-state index in [1.807, 2.05) is 42.2 Å². The highest BCUT2D eigenvalue weighted by Gasteiger charge is 2.22. The van der Waals surface area contributed by atoms with E-state index in [1.165, 1.54) is 0 Å². The van der Waals surface area contributed by atoms with Gasteiger partial charge in [-0.15, -0.1) is 0 Å². The summed E-state index contributed by atoms with van der Waals surface area (Å²) in [5.74, 6) is 0.980. The van der Waals surface area contributed by atoms with Crippen molar-refractivity contribution in [2.45, 2.75) is 27.2 Å². The Hall–Kier alpha value is -2.54. The number of nitrogens with one attached hydrogen (secondary N) is 1. The van der Waals surface area contributed by atoms with Crippen molar-refractivity contribution in [3.63, 3.8) is 0 Å². The molecule has 1 aliphatic rings. The Labute approximate surface area is 192 Å². The zero-order chi connectivity index (χ0) is 22.5. The van der Waals surface area contributed by atoms with Crippen LogP contribution in [0, 0.1) is 12.8 Å². The van der Waals surface area contributed by atoms with E-state index in [-0.39, 0.29) is 11.8 Å². The third-order valence-corrected chi connectivity index (χ3v) is 5.85. The second kappa shape index (κ2) is 10.2. The van der Waals surface area contributed by atoms with Gasteiger partial charge in [0.25, 0.3) is 5.91 Å². The lowest BCUT2D eigenvalue weighted by Crippen LogP contribution is -2.49. The van der Waals surface area contributed by atoms with Crippen LogP contribution in [0.3, 0.4) is 0 Å². The van der Waals surface area contributed by atoms with Crippen LogP contribution >= 0.6 is 15.9 Å². The number of anilines is 2. The highest BCUT2D eigenvalue weighted by molar-refractivity contribution is 9.10. The Morgan fingerprint density at radius 2 is 1.74 bits per heavy atom. The molecule has 3 rings (SSSR count). The third kappa shape index (κ3) is 5.79. The number of amides is 2. The maximum absolute atomic E-state index is 12.8. The summed E-state index contributed by atoms with van der Waals surface area (Å²) in [4.78, 5) is 29.3. The van der Waals surface area contributed by atoms with E-state index in [9.17, 15) is 9.59 Å². The normalized spacial score (nSPS) is 14.0. The van der Waals surface area contributed by atoms with Crippen LogP contribution in [-0.2, 0) is 4.79 Å². The van der Waals surface area contributed by atoms with Gasteiger partial charge in [-0.25, -0.2) is 0 Å². The Morgan fingerprint density at radius 3 is 2.32 bits per heavy atom. The number of rotatable bonds is 6. The molecule has 31 heavy (non-hydrogen) atoms. The number of piperazine rings is 1. The molecule has 1 saturated heterocycles. The van der Waals surface area contributed by atoms with Crippen molar-refractivity contribution in [1.29, 1.82) is 0 Å². The number of halogens is 1. The first kappa shape index (κ1) is 23.1. The van der Waals surface area contributed by atoms with Crippen molar-refractivity contribution in [3.8, 4) is 5.75 Å². The quantitative estimate of drug-likeness (QED) is 0.640. The van der Waals surface area contributed by atoms with Gasteiger partial charge in [0.15, 0.2) is 0 Å². The molecule has 6 nitrogen and oxygen atoms in total. The van der Waals surface area contributed by atoms with E-state index < -0.39 is 0 Å². The molecule has 0 aromatic heterocycles. The van der Waals surface area contributed by atoms with Gasteiger partial charge in [-0.3, -0.25) is 9.59 Å². The second-order valence-corrected chi connectivity index (χ2v) is 9.19. The van der Waals surface area contributed by atoms with E-state index in [1.54, 1.807) is 13.2 Å². The number of benzene rings is 2. The van der Waals surface area contributed by atoms with Crippen LogP contribution in [0.1, 0.15) is 36.2 Å². The number of carbonyl (C=O) groups excluding carboxylic acids is 2. The molecule has 0 radical (unpaired) electrons. The topological polar surface area (TPSA) is 61.9 Å². The molecule has 0 bridgehead atoms. The molecule has 1 N–H and O–H groups in total. The molecule has 0 atom stereocenters. The highest BCUT2D eigenvalue weighted by atomic mass is 79.9. The summed E-state index contributed by atoms with van der Waals surface area (Å²) in [5, 5.41) is 2.95. The van der Waals surface area contributed by atoms with Gasteiger partial charge >= 0.3 is 0 Å². The fourth-order valence-electron chi connectivity index (χ4n) is 3.82. The van der Waals surface area contributed by atoms with Crippen LogP contribution in [0.4, 0.5) is 11.4 Å². The molecule has 7 heteroatoms. The van der Waals surface area contributed by atoms with Gasteiger partial charge in [-0.2, -0.15) is 0 Å². The second-order valence-electron chi connectivity index (χ2n) is 8.27. The third-order valence-electron chi connectivity index (χ3n) is 5.39. The lowest BCUT2D eigenvalue weighted by Gasteiger charge is -2.36. The predicted molar refractivity (Wildman–Crippen MR) is 128 cm³/mol. The van der Waals surface area contributed by atoms with Crippen LogP contribution in [0.5, 0.6) is 5.75 Å². The van der Waals surface area contributed by atoms with Crippen molar-refractivity contribution >= 4 is 39.1 Å². The summed E-state index contributed by atoms with van der Waals surface area (Å²) >= 11 is 3.44. The number of aryl methyl sites for hydroxylation is 1. The zero-order valence-corrected chi connectivity index (χ0v) is 20.2. The summed E-state index contributed by atoms with van der Waals surface area (Å²) in [6, 6.07) is 11.5. The molecule has 2 amide bonds. The Morgan fingerprint density at radius 1 is 1.10 bits per heavy atom. The van der Waals surface area contributed by atoms with Gasteiger partial charge in [0.1, 0.15) is 5.75 Å². The molecule has 2 aromatic carbocycles. The molecule has 1 fully saturated rings. The number of hydrogen-bond acceptors (Lipinski definition) is 4. The van der Waals surface area contributed by atoms with E-state index in [2.05, 4.69) is 40.0 Å². The molecule has 1 aliphatic heterocycles. The number of methoxy groups -OCH3 is 1. The lowest BCUT2D eigenvalue weighted by atomic mass is 10.1. The van der Waals surface area contributed by atoms with Gasteiger partial charge in [0, 0.05) is 48.4 Å². The summed E-state index contributed by atoms with van der Waals surface area (Å²) in [6.07, 6.45) is 0.608. The van der Waals surface area contributed by atoms with Crippen LogP contribution in [0.2, 0.25) is 0 Å². The first-order chi connectivity index (χ1) is 14.8. The molecule has 0 aliphatic carbocycles. The molecule has 0 unspecified atom stereocenters. The molecule has 0 saturated carbocycles. The average molecular weight is 488 g/mol. The molecule has 0 spiro atoms. The SMILES string of the molecule is COc1c(C)cc(Br)cc1C(=O)Nc1ccc(N2CCN(C(=O)CC(C)C)CC2)cc1. The number of ether oxygens (including phenoxy) is 1. The number of carbonyl (C=O) groups is 2. The molecule has 166 valence electrons. The average Bonchev–Trinajstić information content (AvgIpc) is 2.73. The maximum Gasteiger partial charge on any atom is 0.259 e. The minimum absolute atomic E-state index is 0.216. The fourth-order valence-corrected chi connectivity index (χ4v) is 4.39. The summed E-state index contributed by atoms with van der Waals surface area (Å²) in [6.45, 7) is 9.16.